The van der Waals surface area contributed by atoms with Gasteiger partial charge in [-0.05, 0) is 42.9 Å². The summed E-state index contributed by atoms with van der Waals surface area (Å²) in [6.07, 6.45) is 7.10. The molecule has 1 aliphatic heterocycles. The van der Waals surface area contributed by atoms with E-state index >= 15 is 0 Å². The summed E-state index contributed by atoms with van der Waals surface area (Å²) >= 11 is 0. The molecule has 29 heavy (non-hydrogen) atoms. The smallest absolute Gasteiger partial charge is 0.185 e. The van der Waals surface area contributed by atoms with E-state index in [9.17, 15) is 4.79 Å². The fourth-order valence-corrected chi connectivity index (χ4v) is 4.49. The number of fused-ring (bicyclic) bond motifs is 1. The van der Waals surface area contributed by atoms with Crippen LogP contribution in [-0.4, -0.2) is 28.8 Å². The second-order valence-electron chi connectivity index (χ2n) is 8.50. The molecule has 1 saturated heterocycles. The Labute approximate surface area is 172 Å². The number of furan rings is 1. The Kier molecular flexibility index (Phi) is 5.65. The number of carbonyl (C=O) groups excluding carboxylic acids is 1. The number of pyridine rings is 2. The van der Waals surface area contributed by atoms with Gasteiger partial charge in [0.2, 0.25) is 0 Å². The standard InChI is InChI=1S/C24H29N3O2/c1-4-5-19-12-21-24(29-19)7-6-20(26-21)23(28)11-18-13-25-9-8-22(18)27-14-16(2)10-17(3)15-27/h6-9,12-13,16-17H,4-5,10-11,14-15H2,1-3H3/t16-,17+. The van der Waals surface area contributed by atoms with Crippen LogP contribution in [0.3, 0.4) is 0 Å². The highest BCUT2D eigenvalue weighted by atomic mass is 16.3. The van der Waals surface area contributed by atoms with Crippen molar-refractivity contribution in [1.29, 1.82) is 0 Å². The van der Waals surface area contributed by atoms with Gasteiger partial charge in [0, 0.05) is 55.6 Å². The number of aromatic nitrogens is 2. The highest BCUT2D eigenvalue weighted by Gasteiger charge is 2.24. The molecule has 3 aromatic rings. The lowest BCUT2D eigenvalue weighted by Gasteiger charge is -2.37. The van der Waals surface area contributed by atoms with E-state index in [1.54, 1.807) is 6.07 Å². The summed E-state index contributed by atoms with van der Waals surface area (Å²) in [6, 6.07) is 7.61. The zero-order chi connectivity index (χ0) is 20.4. The third-order valence-corrected chi connectivity index (χ3v) is 5.65. The van der Waals surface area contributed by atoms with Gasteiger partial charge in [-0.2, -0.15) is 0 Å². The number of ketones is 1. The van der Waals surface area contributed by atoms with Crippen molar-refractivity contribution in [1.82, 2.24) is 9.97 Å². The van der Waals surface area contributed by atoms with Crippen molar-refractivity contribution in [2.24, 2.45) is 11.8 Å². The predicted octanol–water partition coefficient (Wildman–Crippen LogP) is 5.08. The third kappa shape index (κ3) is 4.34. The minimum atomic E-state index is 0.0116. The summed E-state index contributed by atoms with van der Waals surface area (Å²) in [6.45, 7) is 8.76. The lowest BCUT2D eigenvalue weighted by atomic mass is 9.91. The van der Waals surface area contributed by atoms with Crippen molar-refractivity contribution in [3.05, 3.63) is 53.7 Å². The van der Waals surface area contributed by atoms with Gasteiger partial charge in [0.05, 0.1) is 0 Å². The molecule has 0 amide bonds. The van der Waals surface area contributed by atoms with Crippen LogP contribution in [0.1, 0.15) is 55.4 Å². The van der Waals surface area contributed by atoms with E-state index < -0.39 is 0 Å². The second-order valence-corrected chi connectivity index (χ2v) is 8.50. The lowest BCUT2D eigenvalue weighted by molar-refractivity contribution is 0.0988. The molecule has 0 aliphatic carbocycles. The van der Waals surface area contributed by atoms with Crippen LogP contribution in [0, 0.1) is 11.8 Å². The number of nitrogens with zero attached hydrogens (tertiary/aromatic N) is 3. The zero-order valence-electron chi connectivity index (χ0n) is 17.5. The van der Waals surface area contributed by atoms with Crippen LogP contribution in [0.5, 0.6) is 0 Å². The van der Waals surface area contributed by atoms with Crippen LogP contribution in [-0.2, 0) is 12.8 Å². The van der Waals surface area contributed by atoms with Crippen molar-refractivity contribution in [3.63, 3.8) is 0 Å². The molecule has 1 fully saturated rings. The Morgan fingerprint density at radius 1 is 1.21 bits per heavy atom. The van der Waals surface area contributed by atoms with Crippen LogP contribution >= 0.6 is 0 Å². The number of hydrogen-bond acceptors (Lipinski definition) is 5. The van der Waals surface area contributed by atoms with Crippen LogP contribution < -0.4 is 4.90 Å². The maximum Gasteiger partial charge on any atom is 0.185 e. The molecule has 5 heteroatoms. The van der Waals surface area contributed by atoms with E-state index in [1.165, 1.54) is 6.42 Å². The summed E-state index contributed by atoms with van der Waals surface area (Å²) in [5, 5.41) is 0. The highest BCUT2D eigenvalue weighted by Crippen LogP contribution is 2.29. The maximum absolute atomic E-state index is 13.0. The minimum absolute atomic E-state index is 0.0116. The van der Waals surface area contributed by atoms with Crippen molar-refractivity contribution >= 4 is 22.6 Å². The summed E-state index contributed by atoms with van der Waals surface area (Å²) in [4.78, 5) is 24.3. The Morgan fingerprint density at radius 2 is 2.00 bits per heavy atom. The topological polar surface area (TPSA) is 59.2 Å². The monoisotopic (exact) mass is 391 g/mol. The second kappa shape index (κ2) is 8.36. The van der Waals surface area contributed by atoms with E-state index in [2.05, 4.69) is 35.6 Å². The number of aryl methyl sites for hydroxylation is 1. The largest absolute Gasteiger partial charge is 0.459 e. The van der Waals surface area contributed by atoms with Gasteiger partial charge in [0.1, 0.15) is 17.0 Å². The lowest BCUT2D eigenvalue weighted by Crippen LogP contribution is -2.39. The summed E-state index contributed by atoms with van der Waals surface area (Å²) in [5.74, 6) is 2.23. The average molecular weight is 392 g/mol. The third-order valence-electron chi connectivity index (χ3n) is 5.65. The Bertz CT molecular complexity index is 1000. The molecule has 152 valence electrons. The average Bonchev–Trinajstić information content (AvgIpc) is 3.09. The number of rotatable bonds is 6. The minimum Gasteiger partial charge on any atom is -0.459 e. The normalized spacial score (nSPS) is 19.6. The van der Waals surface area contributed by atoms with E-state index in [1.807, 2.05) is 30.6 Å². The molecule has 0 unspecified atom stereocenters. The van der Waals surface area contributed by atoms with Gasteiger partial charge in [-0.25, -0.2) is 4.98 Å². The summed E-state index contributed by atoms with van der Waals surface area (Å²) in [5.41, 5.74) is 4.07. The van der Waals surface area contributed by atoms with Gasteiger partial charge in [0.15, 0.2) is 11.4 Å². The molecule has 0 saturated carbocycles. The van der Waals surface area contributed by atoms with Crippen LogP contribution in [0.2, 0.25) is 0 Å². The van der Waals surface area contributed by atoms with Crippen molar-refractivity contribution in [2.45, 2.75) is 46.5 Å². The highest BCUT2D eigenvalue weighted by molar-refractivity contribution is 5.98. The SMILES string of the molecule is CCCc1cc2nc(C(=O)Cc3cnccc3N3C[C@H](C)C[C@H](C)C3)ccc2o1. The molecule has 4 rings (SSSR count). The fraction of sp³-hybridized carbons (Fsp3) is 0.458. The van der Waals surface area contributed by atoms with E-state index in [-0.39, 0.29) is 5.78 Å². The molecule has 3 aromatic heterocycles. The molecule has 1 aliphatic rings. The Morgan fingerprint density at radius 3 is 2.76 bits per heavy atom. The Balaban J connectivity index is 1.56. The predicted molar refractivity (Wildman–Crippen MR) is 115 cm³/mol. The first-order chi connectivity index (χ1) is 14.0. The first kappa shape index (κ1) is 19.6. The van der Waals surface area contributed by atoms with Gasteiger partial charge in [0.25, 0.3) is 0 Å². The van der Waals surface area contributed by atoms with Crippen molar-refractivity contribution in [2.75, 3.05) is 18.0 Å². The van der Waals surface area contributed by atoms with Crippen LogP contribution in [0.15, 0.2) is 41.1 Å². The van der Waals surface area contributed by atoms with Crippen LogP contribution in [0.4, 0.5) is 5.69 Å². The molecular weight excluding hydrogens is 362 g/mol. The quantitative estimate of drug-likeness (QED) is 0.548. The summed E-state index contributed by atoms with van der Waals surface area (Å²) < 4.78 is 5.79. The maximum atomic E-state index is 13.0. The molecule has 2 atom stereocenters. The van der Waals surface area contributed by atoms with Crippen LogP contribution in [0.25, 0.3) is 11.1 Å². The molecule has 4 heterocycles. The molecule has 0 bridgehead atoms. The molecule has 0 spiro atoms. The van der Waals surface area contributed by atoms with E-state index in [0.29, 0.717) is 24.0 Å². The molecule has 5 nitrogen and oxygen atoms in total. The zero-order valence-corrected chi connectivity index (χ0v) is 17.5. The van der Waals surface area contributed by atoms with Crippen molar-refractivity contribution < 1.29 is 9.21 Å². The Hall–Kier alpha value is -2.69. The van der Waals surface area contributed by atoms with E-state index in [0.717, 1.165) is 54.0 Å². The molecule has 0 aromatic carbocycles. The number of piperidine rings is 1. The fourth-order valence-electron chi connectivity index (χ4n) is 4.49. The number of carbonyl (C=O) groups is 1. The molecule has 0 N–H and O–H groups in total. The van der Waals surface area contributed by atoms with Gasteiger partial charge < -0.3 is 9.32 Å². The number of Topliss-reactive ketones (excluding diaryl/α,β-unsaturated/α-hetero) is 1. The number of anilines is 1. The first-order valence-corrected chi connectivity index (χ1v) is 10.6. The van der Waals surface area contributed by atoms with Gasteiger partial charge >= 0.3 is 0 Å². The van der Waals surface area contributed by atoms with E-state index in [4.69, 9.17) is 4.42 Å². The summed E-state index contributed by atoms with van der Waals surface area (Å²) in [7, 11) is 0. The first-order valence-electron chi connectivity index (χ1n) is 10.6. The van der Waals surface area contributed by atoms with Gasteiger partial charge in [-0.3, -0.25) is 9.78 Å². The van der Waals surface area contributed by atoms with Crippen molar-refractivity contribution in [3.8, 4) is 0 Å². The molecular formula is C24H29N3O2. The van der Waals surface area contributed by atoms with Gasteiger partial charge in [-0.1, -0.05) is 20.8 Å². The van der Waals surface area contributed by atoms with Gasteiger partial charge in [-0.15, -0.1) is 0 Å². The number of hydrogen-bond donors (Lipinski definition) is 0. The molecule has 0 radical (unpaired) electrons.